The molecule has 0 unspecified atom stereocenters. The maximum atomic E-state index is 12.8. The molecule has 5 nitrogen and oxygen atoms in total. The van der Waals surface area contributed by atoms with E-state index < -0.39 is 0 Å². The Morgan fingerprint density at radius 3 is 2.88 bits per heavy atom. The second-order valence-electron chi connectivity index (χ2n) is 6.55. The molecule has 0 saturated carbocycles. The van der Waals surface area contributed by atoms with Crippen molar-refractivity contribution >= 4 is 5.91 Å². The van der Waals surface area contributed by atoms with Crippen molar-refractivity contribution in [2.75, 3.05) is 27.2 Å². The number of nitrogens with zero attached hydrogens (tertiary/aromatic N) is 3. The van der Waals surface area contributed by atoms with E-state index in [-0.39, 0.29) is 11.9 Å². The standard InChI is InChI=1S/C20H25N3O2/c1-22(14-16-8-10-21-11-9-16)15-20(24)23-12-4-7-19(23)17-5-3-6-18(13-17)25-2/h3,5-6,8-11,13,19H,4,7,12,14-15H2,1-2H3/t19-/m0/s1. The lowest BCUT2D eigenvalue weighted by atomic mass is 10.0. The summed E-state index contributed by atoms with van der Waals surface area (Å²) in [7, 11) is 3.65. The van der Waals surface area contributed by atoms with E-state index in [0.29, 0.717) is 6.54 Å². The molecule has 1 aromatic heterocycles. The largest absolute Gasteiger partial charge is 0.497 e. The van der Waals surface area contributed by atoms with E-state index in [4.69, 9.17) is 4.74 Å². The van der Waals surface area contributed by atoms with Crippen LogP contribution in [0.4, 0.5) is 0 Å². The van der Waals surface area contributed by atoms with Gasteiger partial charge in [-0.05, 0) is 55.3 Å². The fourth-order valence-corrected chi connectivity index (χ4v) is 3.44. The lowest BCUT2D eigenvalue weighted by Crippen LogP contribution is -2.38. The third kappa shape index (κ3) is 4.37. The molecule has 0 spiro atoms. The van der Waals surface area contributed by atoms with Crippen LogP contribution in [-0.2, 0) is 11.3 Å². The molecule has 2 heterocycles. The zero-order valence-corrected chi connectivity index (χ0v) is 14.9. The number of carbonyl (C=O) groups is 1. The molecule has 25 heavy (non-hydrogen) atoms. The molecule has 1 aliphatic rings. The molecule has 1 aromatic carbocycles. The Balaban J connectivity index is 1.64. The van der Waals surface area contributed by atoms with Crippen molar-refractivity contribution in [3.05, 3.63) is 59.9 Å². The molecule has 1 amide bonds. The second kappa shape index (κ2) is 8.12. The molecule has 1 aliphatic heterocycles. The van der Waals surface area contributed by atoms with Gasteiger partial charge >= 0.3 is 0 Å². The van der Waals surface area contributed by atoms with Crippen molar-refractivity contribution in [2.24, 2.45) is 0 Å². The third-order valence-electron chi connectivity index (χ3n) is 4.66. The first-order valence-electron chi connectivity index (χ1n) is 8.68. The van der Waals surface area contributed by atoms with Gasteiger partial charge in [-0.3, -0.25) is 14.7 Å². The summed E-state index contributed by atoms with van der Waals surface area (Å²) in [6.45, 7) is 1.98. The van der Waals surface area contributed by atoms with E-state index >= 15 is 0 Å². The number of likely N-dealkylation sites (N-methyl/N-ethyl adjacent to an activating group) is 1. The van der Waals surface area contributed by atoms with Crippen molar-refractivity contribution in [1.82, 2.24) is 14.8 Å². The number of amides is 1. The second-order valence-corrected chi connectivity index (χ2v) is 6.55. The van der Waals surface area contributed by atoms with E-state index in [1.54, 1.807) is 19.5 Å². The van der Waals surface area contributed by atoms with Crippen molar-refractivity contribution < 1.29 is 9.53 Å². The fraction of sp³-hybridized carbons (Fsp3) is 0.400. The van der Waals surface area contributed by atoms with Crippen molar-refractivity contribution in [2.45, 2.75) is 25.4 Å². The number of likely N-dealkylation sites (tertiary alicyclic amines) is 1. The van der Waals surface area contributed by atoms with Gasteiger partial charge in [0.25, 0.3) is 0 Å². The Labute approximate surface area is 149 Å². The predicted molar refractivity (Wildman–Crippen MR) is 97.3 cm³/mol. The number of benzene rings is 1. The average molecular weight is 339 g/mol. The van der Waals surface area contributed by atoms with E-state index in [2.05, 4.69) is 16.0 Å². The molecule has 1 saturated heterocycles. The van der Waals surface area contributed by atoms with Crippen LogP contribution < -0.4 is 4.74 Å². The lowest BCUT2D eigenvalue weighted by Gasteiger charge is -2.27. The first kappa shape index (κ1) is 17.4. The lowest BCUT2D eigenvalue weighted by molar-refractivity contribution is -0.133. The highest BCUT2D eigenvalue weighted by Gasteiger charge is 2.30. The molecule has 0 radical (unpaired) electrons. The molecular weight excluding hydrogens is 314 g/mol. The zero-order valence-electron chi connectivity index (χ0n) is 14.9. The van der Waals surface area contributed by atoms with Crippen LogP contribution in [-0.4, -0.2) is 47.9 Å². The SMILES string of the molecule is COc1cccc([C@@H]2CCCN2C(=O)CN(C)Cc2ccncc2)c1. The van der Waals surface area contributed by atoms with Crippen molar-refractivity contribution in [1.29, 1.82) is 0 Å². The number of ether oxygens (including phenoxy) is 1. The number of methoxy groups -OCH3 is 1. The summed E-state index contributed by atoms with van der Waals surface area (Å²) in [5, 5.41) is 0. The van der Waals surface area contributed by atoms with Crippen LogP contribution >= 0.6 is 0 Å². The van der Waals surface area contributed by atoms with Gasteiger partial charge in [0.2, 0.25) is 5.91 Å². The van der Waals surface area contributed by atoms with Gasteiger partial charge in [-0.2, -0.15) is 0 Å². The summed E-state index contributed by atoms with van der Waals surface area (Å²) >= 11 is 0. The van der Waals surface area contributed by atoms with Gasteiger partial charge in [0.1, 0.15) is 5.75 Å². The van der Waals surface area contributed by atoms with Gasteiger partial charge in [0, 0.05) is 25.5 Å². The first-order chi connectivity index (χ1) is 12.2. The number of rotatable bonds is 6. The Morgan fingerprint density at radius 1 is 1.32 bits per heavy atom. The van der Waals surface area contributed by atoms with Gasteiger partial charge in [-0.1, -0.05) is 12.1 Å². The highest BCUT2D eigenvalue weighted by Crippen LogP contribution is 2.33. The minimum absolute atomic E-state index is 0.150. The van der Waals surface area contributed by atoms with E-state index in [0.717, 1.165) is 42.8 Å². The minimum Gasteiger partial charge on any atom is -0.497 e. The molecule has 0 N–H and O–H groups in total. The number of carbonyl (C=O) groups excluding carboxylic acids is 1. The highest BCUT2D eigenvalue weighted by molar-refractivity contribution is 5.79. The average Bonchev–Trinajstić information content (AvgIpc) is 3.12. The molecule has 2 aromatic rings. The number of hydrogen-bond donors (Lipinski definition) is 0. The van der Waals surface area contributed by atoms with Crippen LogP contribution in [0.15, 0.2) is 48.8 Å². The smallest absolute Gasteiger partial charge is 0.237 e. The first-order valence-corrected chi connectivity index (χ1v) is 8.68. The monoisotopic (exact) mass is 339 g/mol. The van der Waals surface area contributed by atoms with Crippen LogP contribution in [0, 0.1) is 0 Å². The molecule has 132 valence electrons. The molecule has 1 fully saturated rings. The fourth-order valence-electron chi connectivity index (χ4n) is 3.44. The van der Waals surface area contributed by atoms with Gasteiger partial charge in [0.05, 0.1) is 19.7 Å². The van der Waals surface area contributed by atoms with Crippen LogP contribution in [0.5, 0.6) is 5.75 Å². The molecule has 5 heteroatoms. The quantitative estimate of drug-likeness (QED) is 0.812. The maximum Gasteiger partial charge on any atom is 0.237 e. The summed E-state index contributed by atoms with van der Waals surface area (Å²) in [4.78, 5) is 20.9. The maximum absolute atomic E-state index is 12.8. The number of pyridine rings is 1. The normalized spacial score (nSPS) is 17.1. The highest BCUT2D eigenvalue weighted by atomic mass is 16.5. The van der Waals surface area contributed by atoms with Crippen LogP contribution in [0.1, 0.15) is 30.0 Å². The molecular formula is C20H25N3O2. The Morgan fingerprint density at radius 2 is 2.12 bits per heavy atom. The van der Waals surface area contributed by atoms with E-state index in [9.17, 15) is 4.79 Å². The molecule has 0 aliphatic carbocycles. The van der Waals surface area contributed by atoms with Gasteiger partial charge in [0.15, 0.2) is 0 Å². The van der Waals surface area contributed by atoms with Crippen LogP contribution in [0.3, 0.4) is 0 Å². The molecule has 0 bridgehead atoms. The Kier molecular flexibility index (Phi) is 5.66. The van der Waals surface area contributed by atoms with Crippen molar-refractivity contribution in [3.63, 3.8) is 0 Å². The summed E-state index contributed by atoms with van der Waals surface area (Å²) in [5.41, 5.74) is 2.32. The summed E-state index contributed by atoms with van der Waals surface area (Å²) in [6.07, 6.45) is 5.61. The Bertz CT molecular complexity index is 705. The van der Waals surface area contributed by atoms with E-state index in [1.807, 2.05) is 42.3 Å². The van der Waals surface area contributed by atoms with E-state index in [1.165, 1.54) is 0 Å². The van der Waals surface area contributed by atoms with Gasteiger partial charge in [-0.15, -0.1) is 0 Å². The van der Waals surface area contributed by atoms with Crippen LogP contribution in [0.25, 0.3) is 0 Å². The Hall–Kier alpha value is -2.40. The van der Waals surface area contributed by atoms with Crippen LogP contribution in [0.2, 0.25) is 0 Å². The molecule has 3 rings (SSSR count). The number of hydrogen-bond acceptors (Lipinski definition) is 4. The minimum atomic E-state index is 0.150. The third-order valence-corrected chi connectivity index (χ3v) is 4.66. The predicted octanol–water partition coefficient (Wildman–Crippen LogP) is 2.89. The zero-order chi connectivity index (χ0) is 17.6. The topological polar surface area (TPSA) is 45.7 Å². The van der Waals surface area contributed by atoms with Crippen molar-refractivity contribution in [3.8, 4) is 5.75 Å². The summed E-state index contributed by atoms with van der Waals surface area (Å²) in [6, 6.07) is 12.2. The summed E-state index contributed by atoms with van der Waals surface area (Å²) < 4.78 is 5.32. The molecule has 1 atom stereocenters. The number of aromatic nitrogens is 1. The summed E-state index contributed by atoms with van der Waals surface area (Å²) in [5.74, 6) is 1.02. The van der Waals surface area contributed by atoms with Gasteiger partial charge in [-0.25, -0.2) is 0 Å². The van der Waals surface area contributed by atoms with Gasteiger partial charge < -0.3 is 9.64 Å².